The Kier molecular flexibility index (Phi) is 3.01. The summed E-state index contributed by atoms with van der Waals surface area (Å²) in [6, 6.07) is 7.69. The van der Waals surface area contributed by atoms with E-state index in [4.69, 9.17) is 14.2 Å². The van der Waals surface area contributed by atoms with Crippen molar-refractivity contribution < 1.29 is 19.0 Å². The summed E-state index contributed by atoms with van der Waals surface area (Å²) in [5, 5.41) is 8.52. The van der Waals surface area contributed by atoms with Crippen molar-refractivity contribution in [3.8, 4) is 0 Å². The van der Waals surface area contributed by atoms with Crippen molar-refractivity contribution in [1.29, 1.82) is 0 Å². The minimum absolute atomic E-state index is 0.242. The van der Waals surface area contributed by atoms with Crippen molar-refractivity contribution in [2.75, 3.05) is 7.11 Å². The Hall–Kier alpha value is -1.99. The molecule has 122 valence electrons. The van der Waals surface area contributed by atoms with E-state index in [9.17, 15) is 4.79 Å². The molecule has 2 heterocycles. The second-order valence-electron chi connectivity index (χ2n) is 6.60. The van der Waals surface area contributed by atoms with Crippen LogP contribution in [-0.4, -0.2) is 40.0 Å². The summed E-state index contributed by atoms with van der Waals surface area (Å²) < 4.78 is 19.0. The van der Waals surface area contributed by atoms with Crippen molar-refractivity contribution in [2.45, 2.75) is 44.3 Å². The second-order valence-corrected chi connectivity index (χ2v) is 6.60. The van der Waals surface area contributed by atoms with Crippen molar-refractivity contribution in [3.05, 3.63) is 24.3 Å². The number of carbonyl (C=O) groups excluding carboxylic acids is 1. The molecule has 0 bridgehead atoms. The van der Waals surface area contributed by atoms with E-state index in [0.29, 0.717) is 12.8 Å². The number of rotatable bonds is 2. The predicted octanol–water partition coefficient (Wildman–Crippen LogP) is 1.82. The summed E-state index contributed by atoms with van der Waals surface area (Å²) in [5.74, 6) is -1.25. The Bertz CT molecular complexity index is 772. The van der Waals surface area contributed by atoms with E-state index in [1.165, 1.54) is 7.11 Å². The molecule has 2 aromatic rings. The Labute approximate surface area is 133 Å². The van der Waals surface area contributed by atoms with Gasteiger partial charge in [0.2, 0.25) is 0 Å². The molecule has 1 aliphatic carbocycles. The summed E-state index contributed by atoms with van der Waals surface area (Å²) in [5.41, 5.74) is 0.818. The molecule has 23 heavy (non-hydrogen) atoms. The zero-order chi connectivity index (χ0) is 16.2. The van der Waals surface area contributed by atoms with E-state index in [1.54, 1.807) is 4.68 Å². The maximum absolute atomic E-state index is 12.0. The fraction of sp³-hybridized carbons (Fsp3) is 0.562. The summed E-state index contributed by atoms with van der Waals surface area (Å²) in [6.45, 7) is 3.75. The summed E-state index contributed by atoms with van der Waals surface area (Å²) in [6.07, 6.45) is 0.734. The number of carbonyl (C=O) groups is 1. The lowest BCUT2D eigenvalue weighted by atomic mass is 10.1. The van der Waals surface area contributed by atoms with Gasteiger partial charge in [-0.15, -0.1) is 5.10 Å². The number of aromatic nitrogens is 3. The number of benzene rings is 1. The maximum atomic E-state index is 12.0. The molecule has 1 aromatic heterocycles. The Morgan fingerprint density at radius 1 is 1.39 bits per heavy atom. The number of esters is 1. The van der Waals surface area contributed by atoms with Crippen LogP contribution in [0.25, 0.3) is 11.0 Å². The van der Waals surface area contributed by atoms with Crippen molar-refractivity contribution in [2.24, 2.45) is 5.92 Å². The van der Waals surface area contributed by atoms with Crippen LogP contribution in [0.3, 0.4) is 0 Å². The molecular weight excluding hydrogens is 298 g/mol. The zero-order valence-corrected chi connectivity index (χ0v) is 13.4. The van der Waals surface area contributed by atoms with E-state index in [1.807, 2.05) is 38.1 Å². The van der Waals surface area contributed by atoms with Crippen LogP contribution in [0.1, 0.15) is 26.7 Å². The Morgan fingerprint density at radius 3 is 2.96 bits per heavy atom. The molecule has 7 heteroatoms. The molecule has 4 rings (SSSR count). The van der Waals surface area contributed by atoms with Crippen LogP contribution in [0.2, 0.25) is 0 Å². The Balaban J connectivity index is 1.83. The molecular formula is C16H19N3O4. The fourth-order valence-corrected chi connectivity index (χ4v) is 3.81. The van der Waals surface area contributed by atoms with Gasteiger partial charge in [0.05, 0.1) is 18.5 Å². The van der Waals surface area contributed by atoms with Gasteiger partial charge in [-0.3, -0.25) is 4.79 Å². The number of hydrogen-bond donors (Lipinski definition) is 0. The predicted molar refractivity (Wildman–Crippen MR) is 80.3 cm³/mol. The van der Waals surface area contributed by atoms with Gasteiger partial charge in [0.15, 0.2) is 11.5 Å². The average Bonchev–Trinajstić information content (AvgIpc) is 3.14. The lowest BCUT2D eigenvalue weighted by molar-refractivity contribution is -0.194. The number of hydrogen-bond acceptors (Lipinski definition) is 6. The SMILES string of the molecule is COC(=O)C1CC2OC(C)(C)OC2(n2nnc3ccccc32)C1. The number of para-hydroxylation sites is 1. The highest BCUT2D eigenvalue weighted by Gasteiger charge is 2.62. The molecule has 3 atom stereocenters. The summed E-state index contributed by atoms with van der Waals surface area (Å²) in [7, 11) is 1.40. The molecule has 1 saturated heterocycles. The van der Waals surface area contributed by atoms with Crippen LogP contribution in [0.4, 0.5) is 0 Å². The molecule has 0 amide bonds. The third-order valence-electron chi connectivity index (χ3n) is 4.63. The molecule has 0 N–H and O–H groups in total. The molecule has 3 unspecified atom stereocenters. The zero-order valence-electron chi connectivity index (χ0n) is 13.4. The Morgan fingerprint density at radius 2 is 2.17 bits per heavy atom. The van der Waals surface area contributed by atoms with Crippen LogP contribution in [-0.2, 0) is 24.7 Å². The minimum Gasteiger partial charge on any atom is -0.469 e. The van der Waals surface area contributed by atoms with Gasteiger partial charge in [-0.05, 0) is 32.4 Å². The van der Waals surface area contributed by atoms with Gasteiger partial charge in [0, 0.05) is 6.42 Å². The summed E-state index contributed by atoms with van der Waals surface area (Å²) >= 11 is 0. The van der Waals surface area contributed by atoms with E-state index >= 15 is 0 Å². The third kappa shape index (κ3) is 2.07. The second kappa shape index (κ2) is 4.75. The highest BCUT2D eigenvalue weighted by atomic mass is 16.8. The highest BCUT2D eigenvalue weighted by Crippen LogP contribution is 2.52. The first-order valence-electron chi connectivity index (χ1n) is 7.72. The van der Waals surface area contributed by atoms with E-state index in [2.05, 4.69) is 10.3 Å². The first-order chi connectivity index (χ1) is 11.0. The largest absolute Gasteiger partial charge is 0.469 e. The van der Waals surface area contributed by atoms with Crippen molar-refractivity contribution >= 4 is 17.0 Å². The molecule has 0 spiro atoms. The molecule has 2 aliphatic rings. The van der Waals surface area contributed by atoms with Gasteiger partial charge >= 0.3 is 5.97 Å². The van der Waals surface area contributed by atoms with Crippen molar-refractivity contribution in [1.82, 2.24) is 15.0 Å². The van der Waals surface area contributed by atoms with E-state index in [-0.39, 0.29) is 18.0 Å². The van der Waals surface area contributed by atoms with Crippen LogP contribution >= 0.6 is 0 Å². The van der Waals surface area contributed by atoms with E-state index in [0.717, 1.165) is 11.0 Å². The summed E-state index contributed by atoms with van der Waals surface area (Å²) in [4.78, 5) is 12.0. The van der Waals surface area contributed by atoms with Crippen molar-refractivity contribution in [3.63, 3.8) is 0 Å². The quantitative estimate of drug-likeness (QED) is 0.787. The number of ether oxygens (including phenoxy) is 3. The van der Waals surface area contributed by atoms with Gasteiger partial charge in [-0.1, -0.05) is 17.3 Å². The standard InChI is InChI=1S/C16H19N3O4/c1-15(2)22-13-8-10(14(20)21-3)9-16(13,23-15)19-12-7-5-4-6-11(12)17-18-19/h4-7,10,13H,8-9H2,1-3H3. The first kappa shape index (κ1) is 14.6. The van der Waals surface area contributed by atoms with Gasteiger partial charge < -0.3 is 14.2 Å². The highest BCUT2D eigenvalue weighted by molar-refractivity contribution is 5.75. The fourth-order valence-electron chi connectivity index (χ4n) is 3.81. The maximum Gasteiger partial charge on any atom is 0.308 e. The van der Waals surface area contributed by atoms with Crippen LogP contribution < -0.4 is 0 Å². The number of fused-ring (bicyclic) bond motifs is 2. The van der Waals surface area contributed by atoms with Crippen LogP contribution in [0, 0.1) is 5.92 Å². The molecule has 0 radical (unpaired) electrons. The molecule has 1 saturated carbocycles. The van der Waals surface area contributed by atoms with Crippen LogP contribution in [0.15, 0.2) is 24.3 Å². The van der Waals surface area contributed by atoms with Gasteiger partial charge in [-0.2, -0.15) is 0 Å². The minimum atomic E-state index is -0.835. The molecule has 1 aromatic carbocycles. The smallest absolute Gasteiger partial charge is 0.308 e. The lowest BCUT2D eigenvalue weighted by Crippen LogP contribution is -2.40. The average molecular weight is 317 g/mol. The molecule has 1 aliphatic heterocycles. The monoisotopic (exact) mass is 317 g/mol. The van der Waals surface area contributed by atoms with Gasteiger partial charge in [0.25, 0.3) is 0 Å². The van der Waals surface area contributed by atoms with E-state index < -0.39 is 11.5 Å². The lowest BCUT2D eigenvalue weighted by Gasteiger charge is -2.29. The van der Waals surface area contributed by atoms with Crippen LogP contribution in [0.5, 0.6) is 0 Å². The molecule has 2 fully saturated rings. The third-order valence-corrected chi connectivity index (χ3v) is 4.63. The number of methoxy groups -OCH3 is 1. The molecule has 7 nitrogen and oxygen atoms in total. The normalized spacial score (nSPS) is 32.1. The van der Waals surface area contributed by atoms with Gasteiger partial charge in [0.1, 0.15) is 11.6 Å². The van der Waals surface area contributed by atoms with Gasteiger partial charge in [-0.25, -0.2) is 4.68 Å². The first-order valence-corrected chi connectivity index (χ1v) is 7.72. The number of nitrogens with zero attached hydrogens (tertiary/aromatic N) is 3. The topological polar surface area (TPSA) is 75.5 Å².